The third kappa shape index (κ3) is 5.85. The van der Waals surface area contributed by atoms with E-state index in [1.807, 2.05) is 11.6 Å². The van der Waals surface area contributed by atoms with E-state index < -0.39 is 21.9 Å². The Morgan fingerprint density at radius 2 is 1.62 bits per heavy atom. The van der Waals surface area contributed by atoms with Crippen LogP contribution in [0.25, 0.3) is 0 Å². The van der Waals surface area contributed by atoms with Crippen LogP contribution >= 0.6 is 0 Å². The molecule has 1 aromatic heterocycles. The molecule has 0 saturated heterocycles. The van der Waals surface area contributed by atoms with Gasteiger partial charge in [0.05, 0.1) is 17.1 Å². The van der Waals surface area contributed by atoms with E-state index in [1.165, 1.54) is 36.4 Å². The molecule has 9 nitrogen and oxygen atoms in total. The second-order valence-electron chi connectivity index (χ2n) is 5.89. The summed E-state index contributed by atoms with van der Waals surface area (Å²) < 4.78 is 31.6. The molecule has 10 heteroatoms. The summed E-state index contributed by atoms with van der Waals surface area (Å²) in [6, 6.07) is 7.71. The van der Waals surface area contributed by atoms with Crippen molar-refractivity contribution in [3.05, 3.63) is 59.4 Å². The molecule has 0 fully saturated rings. The van der Waals surface area contributed by atoms with Gasteiger partial charge >= 0.3 is 5.97 Å². The van der Waals surface area contributed by atoms with E-state index in [0.717, 1.165) is 6.20 Å². The summed E-state index contributed by atoms with van der Waals surface area (Å²) in [5.41, 5.74) is 0.269. The SMILES string of the molecule is CCCOC(=O)c1ccc(C(=O)NS(=O)(=O)c2ccc(C(=O)NCC)cc2)cn1. The van der Waals surface area contributed by atoms with E-state index in [0.29, 0.717) is 18.5 Å². The van der Waals surface area contributed by atoms with E-state index in [2.05, 4.69) is 10.3 Å². The lowest BCUT2D eigenvalue weighted by molar-refractivity contribution is 0.0497. The summed E-state index contributed by atoms with van der Waals surface area (Å²) in [6.07, 6.45) is 1.75. The zero-order valence-electron chi connectivity index (χ0n) is 16.0. The fraction of sp³-hybridized carbons (Fsp3) is 0.263. The van der Waals surface area contributed by atoms with Crippen LogP contribution < -0.4 is 10.0 Å². The van der Waals surface area contributed by atoms with Gasteiger partial charge in [0, 0.05) is 18.3 Å². The number of benzene rings is 1. The standard InChI is InChI=1S/C19H21N3O6S/c1-3-11-28-19(25)16-10-7-14(12-21-16)18(24)22-29(26,27)15-8-5-13(6-9-15)17(23)20-4-2/h5-10,12H,3-4,11H2,1-2H3,(H,20,23)(H,22,24). The van der Waals surface area contributed by atoms with Crippen LogP contribution in [0.5, 0.6) is 0 Å². The van der Waals surface area contributed by atoms with Crippen LogP contribution in [0.4, 0.5) is 0 Å². The number of esters is 1. The molecule has 0 aliphatic heterocycles. The molecule has 154 valence electrons. The smallest absolute Gasteiger partial charge is 0.356 e. The van der Waals surface area contributed by atoms with Crippen LogP contribution in [-0.4, -0.2) is 44.3 Å². The Bertz CT molecular complexity index is 986. The van der Waals surface area contributed by atoms with Gasteiger partial charge in [0.25, 0.3) is 21.8 Å². The number of nitrogens with zero attached hydrogens (tertiary/aromatic N) is 1. The number of pyridine rings is 1. The Kier molecular flexibility index (Phi) is 7.43. The minimum absolute atomic E-state index is 0.0128. The van der Waals surface area contributed by atoms with E-state index in [1.54, 1.807) is 6.92 Å². The normalized spacial score (nSPS) is 10.8. The fourth-order valence-corrected chi connectivity index (χ4v) is 3.18. The van der Waals surface area contributed by atoms with Gasteiger partial charge in [-0.25, -0.2) is 22.9 Å². The van der Waals surface area contributed by atoms with E-state index in [-0.39, 0.29) is 28.7 Å². The quantitative estimate of drug-likeness (QED) is 0.620. The van der Waals surface area contributed by atoms with Crippen LogP contribution in [-0.2, 0) is 14.8 Å². The van der Waals surface area contributed by atoms with Gasteiger partial charge in [-0.05, 0) is 49.7 Å². The maximum absolute atomic E-state index is 12.4. The first-order chi connectivity index (χ1) is 13.8. The number of amides is 2. The van der Waals surface area contributed by atoms with Gasteiger partial charge in [0.15, 0.2) is 0 Å². The molecule has 0 spiro atoms. The number of aromatic nitrogens is 1. The Hall–Kier alpha value is -3.27. The number of rotatable bonds is 8. The van der Waals surface area contributed by atoms with Crippen molar-refractivity contribution in [1.82, 2.24) is 15.0 Å². The molecule has 1 aromatic carbocycles. The minimum Gasteiger partial charge on any atom is -0.461 e. The molecule has 1 heterocycles. The lowest BCUT2D eigenvalue weighted by Crippen LogP contribution is -2.31. The first-order valence-corrected chi connectivity index (χ1v) is 10.4. The lowest BCUT2D eigenvalue weighted by Gasteiger charge is -2.08. The second kappa shape index (κ2) is 9.78. The number of hydrogen-bond donors (Lipinski definition) is 2. The number of hydrogen-bond acceptors (Lipinski definition) is 7. The molecular weight excluding hydrogens is 398 g/mol. The summed E-state index contributed by atoms with van der Waals surface area (Å²) >= 11 is 0. The Labute approximate surface area is 168 Å². The van der Waals surface area contributed by atoms with E-state index >= 15 is 0 Å². The largest absolute Gasteiger partial charge is 0.461 e. The van der Waals surface area contributed by atoms with Crippen LogP contribution in [0.15, 0.2) is 47.5 Å². The molecular formula is C19H21N3O6S. The van der Waals surface area contributed by atoms with Crippen molar-refractivity contribution in [1.29, 1.82) is 0 Å². The van der Waals surface area contributed by atoms with Crippen molar-refractivity contribution >= 4 is 27.8 Å². The molecule has 2 amide bonds. The summed E-state index contributed by atoms with van der Waals surface area (Å²) in [5, 5.41) is 2.60. The number of sulfonamides is 1. The maximum atomic E-state index is 12.4. The Balaban J connectivity index is 2.09. The molecule has 2 N–H and O–H groups in total. The highest BCUT2D eigenvalue weighted by Crippen LogP contribution is 2.12. The average Bonchev–Trinajstić information content (AvgIpc) is 2.72. The van der Waals surface area contributed by atoms with Gasteiger partial charge in [0.2, 0.25) is 0 Å². The van der Waals surface area contributed by atoms with Crippen molar-refractivity contribution in [3.8, 4) is 0 Å². The van der Waals surface area contributed by atoms with Crippen molar-refractivity contribution in [3.63, 3.8) is 0 Å². The van der Waals surface area contributed by atoms with Gasteiger partial charge in [-0.2, -0.15) is 0 Å². The number of carbonyl (C=O) groups excluding carboxylic acids is 3. The summed E-state index contributed by atoms with van der Waals surface area (Å²) in [6.45, 7) is 4.31. The van der Waals surface area contributed by atoms with E-state index in [9.17, 15) is 22.8 Å². The molecule has 0 unspecified atom stereocenters. The Morgan fingerprint density at radius 1 is 0.966 bits per heavy atom. The van der Waals surface area contributed by atoms with Gasteiger partial charge in [0.1, 0.15) is 5.69 Å². The predicted molar refractivity (Wildman–Crippen MR) is 104 cm³/mol. The fourth-order valence-electron chi connectivity index (χ4n) is 2.21. The summed E-state index contributed by atoms with van der Waals surface area (Å²) in [4.78, 5) is 39.3. The molecule has 0 radical (unpaired) electrons. The lowest BCUT2D eigenvalue weighted by atomic mass is 10.2. The first-order valence-electron chi connectivity index (χ1n) is 8.87. The molecule has 2 aromatic rings. The van der Waals surface area contributed by atoms with Gasteiger partial charge in [-0.3, -0.25) is 9.59 Å². The highest BCUT2D eigenvalue weighted by Gasteiger charge is 2.20. The second-order valence-corrected chi connectivity index (χ2v) is 7.57. The van der Waals surface area contributed by atoms with Crippen LogP contribution in [0, 0.1) is 0 Å². The first kappa shape index (κ1) is 22.0. The van der Waals surface area contributed by atoms with Gasteiger partial charge in [-0.1, -0.05) is 6.92 Å². The number of ether oxygens (including phenoxy) is 1. The zero-order valence-corrected chi connectivity index (χ0v) is 16.8. The molecule has 0 saturated carbocycles. The average molecular weight is 419 g/mol. The molecule has 0 bridgehead atoms. The molecule has 0 aliphatic carbocycles. The predicted octanol–water partition coefficient (Wildman–Crippen LogP) is 1.52. The zero-order chi connectivity index (χ0) is 21.4. The minimum atomic E-state index is -4.15. The number of nitrogens with one attached hydrogen (secondary N) is 2. The van der Waals surface area contributed by atoms with Crippen molar-refractivity contribution in [2.45, 2.75) is 25.2 Å². The summed E-state index contributed by atoms with van der Waals surface area (Å²) in [7, 11) is -4.15. The maximum Gasteiger partial charge on any atom is 0.356 e. The molecule has 2 rings (SSSR count). The number of carbonyl (C=O) groups is 3. The highest BCUT2D eigenvalue weighted by atomic mass is 32.2. The molecule has 0 aliphatic rings. The summed E-state index contributed by atoms with van der Waals surface area (Å²) in [5.74, 6) is -1.86. The Morgan fingerprint density at radius 3 is 2.17 bits per heavy atom. The van der Waals surface area contributed by atoms with Crippen LogP contribution in [0.2, 0.25) is 0 Å². The van der Waals surface area contributed by atoms with Crippen LogP contribution in [0.1, 0.15) is 51.5 Å². The van der Waals surface area contributed by atoms with Crippen molar-refractivity contribution in [2.24, 2.45) is 0 Å². The third-order valence-electron chi connectivity index (χ3n) is 3.66. The van der Waals surface area contributed by atoms with Crippen molar-refractivity contribution in [2.75, 3.05) is 13.2 Å². The monoisotopic (exact) mass is 419 g/mol. The third-order valence-corrected chi connectivity index (χ3v) is 5.01. The molecule has 0 atom stereocenters. The van der Waals surface area contributed by atoms with Crippen molar-refractivity contribution < 1.29 is 27.5 Å². The van der Waals surface area contributed by atoms with E-state index in [4.69, 9.17) is 4.74 Å². The highest BCUT2D eigenvalue weighted by molar-refractivity contribution is 7.90. The molecule has 29 heavy (non-hydrogen) atoms. The van der Waals surface area contributed by atoms with Gasteiger partial charge < -0.3 is 10.1 Å². The van der Waals surface area contributed by atoms with Crippen LogP contribution in [0.3, 0.4) is 0 Å². The topological polar surface area (TPSA) is 132 Å². The van der Waals surface area contributed by atoms with Gasteiger partial charge in [-0.15, -0.1) is 0 Å².